The van der Waals surface area contributed by atoms with Gasteiger partial charge in [0.1, 0.15) is 11.0 Å². The minimum absolute atomic E-state index is 0.220. The summed E-state index contributed by atoms with van der Waals surface area (Å²) >= 11 is 0. The van der Waals surface area contributed by atoms with Crippen molar-refractivity contribution in [2.75, 3.05) is 0 Å². The first-order valence-electron chi connectivity index (χ1n) is 6.94. The van der Waals surface area contributed by atoms with Crippen LogP contribution in [0.25, 0.3) is 16.7 Å². The number of para-hydroxylation sites is 1. The number of aromatic carboxylic acids is 1. The molecule has 2 aromatic carbocycles. The van der Waals surface area contributed by atoms with E-state index in [-0.39, 0.29) is 5.56 Å². The highest BCUT2D eigenvalue weighted by Gasteiger charge is 2.17. The van der Waals surface area contributed by atoms with Gasteiger partial charge < -0.3 is 5.11 Å². The van der Waals surface area contributed by atoms with Crippen LogP contribution < -0.4 is 0 Å². The maximum absolute atomic E-state index is 11.4. The topological polar surface area (TPSA) is 68.0 Å². The summed E-state index contributed by atoms with van der Waals surface area (Å²) in [5.74, 6) is -0.967. The van der Waals surface area contributed by atoms with Crippen molar-refractivity contribution in [2.24, 2.45) is 0 Å². The molecule has 0 amide bonds. The summed E-state index contributed by atoms with van der Waals surface area (Å²) in [6, 6.07) is 11.2. The van der Waals surface area contributed by atoms with Crippen molar-refractivity contribution in [1.82, 2.24) is 15.0 Å². The molecule has 0 spiro atoms. The average molecular weight is 279 g/mol. The Labute approximate surface area is 120 Å². The molecule has 0 bridgehead atoms. The second-order valence-corrected chi connectivity index (χ2v) is 5.29. The lowest BCUT2D eigenvalue weighted by molar-refractivity contribution is 0.0698. The number of fused-ring (bicyclic) bond motifs is 2. The van der Waals surface area contributed by atoms with Crippen LogP contribution in [0, 0.1) is 0 Å². The maximum atomic E-state index is 11.4. The number of rotatable bonds is 2. The fourth-order valence-corrected chi connectivity index (χ4v) is 3.02. The van der Waals surface area contributed by atoms with Crippen molar-refractivity contribution < 1.29 is 9.90 Å². The number of carboxylic acid groups (broad SMARTS) is 1. The van der Waals surface area contributed by atoms with Gasteiger partial charge in [0.2, 0.25) is 0 Å². The van der Waals surface area contributed by atoms with Crippen molar-refractivity contribution in [3.63, 3.8) is 0 Å². The van der Waals surface area contributed by atoms with Crippen LogP contribution >= 0.6 is 0 Å². The first kappa shape index (κ1) is 12.1. The molecule has 0 atom stereocenters. The van der Waals surface area contributed by atoms with Gasteiger partial charge in [0, 0.05) is 0 Å². The highest BCUT2D eigenvalue weighted by molar-refractivity contribution is 6.01. The minimum atomic E-state index is -0.967. The van der Waals surface area contributed by atoms with E-state index in [9.17, 15) is 9.90 Å². The van der Waals surface area contributed by atoms with Gasteiger partial charge in [-0.1, -0.05) is 17.3 Å². The summed E-state index contributed by atoms with van der Waals surface area (Å²) in [5, 5.41) is 17.6. The highest BCUT2D eigenvalue weighted by Crippen LogP contribution is 2.26. The van der Waals surface area contributed by atoms with Crippen LogP contribution in [0.2, 0.25) is 0 Å². The Kier molecular flexibility index (Phi) is 2.54. The molecule has 1 N–H and O–H groups in total. The molecule has 0 fully saturated rings. The number of hydrogen-bond donors (Lipinski definition) is 1. The summed E-state index contributed by atoms with van der Waals surface area (Å²) in [6.07, 6.45) is 3.37. The quantitative estimate of drug-likeness (QED) is 0.783. The van der Waals surface area contributed by atoms with Crippen LogP contribution in [0.15, 0.2) is 36.4 Å². The standard InChI is InChI=1S/C16H13N3O2/c20-16(21)13-5-2-6-14-15(13)19(18-17-14)12-8-7-10-3-1-4-11(10)9-12/h2,5-9H,1,3-4H2,(H,20,21). The molecule has 21 heavy (non-hydrogen) atoms. The highest BCUT2D eigenvalue weighted by atomic mass is 16.4. The van der Waals surface area contributed by atoms with Crippen LogP contribution in [0.3, 0.4) is 0 Å². The summed E-state index contributed by atoms with van der Waals surface area (Å²) in [4.78, 5) is 11.4. The number of carbonyl (C=O) groups is 1. The molecular formula is C16H13N3O2. The number of nitrogens with zero attached hydrogens (tertiary/aromatic N) is 3. The summed E-state index contributed by atoms with van der Waals surface area (Å²) in [6.45, 7) is 0. The molecule has 3 aromatic rings. The normalized spacial score (nSPS) is 13.5. The molecule has 0 unspecified atom stereocenters. The van der Waals surface area contributed by atoms with Crippen LogP contribution in [-0.4, -0.2) is 26.1 Å². The van der Waals surface area contributed by atoms with E-state index in [0.29, 0.717) is 11.0 Å². The van der Waals surface area contributed by atoms with Gasteiger partial charge in [0.05, 0.1) is 11.3 Å². The van der Waals surface area contributed by atoms with Crippen molar-refractivity contribution in [3.8, 4) is 5.69 Å². The molecule has 1 aliphatic rings. The molecule has 5 heteroatoms. The van der Waals surface area contributed by atoms with Gasteiger partial charge in [0.25, 0.3) is 0 Å². The van der Waals surface area contributed by atoms with Gasteiger partial charge in [-0.15, -0.1) is 5.10 Å². The number of carboxylic acids is 1. The fraction of sp³-hybridized carbons (Fsp3) is 0.188. The molecule has 5 nitrogen and oxygen atoms in total. The summed E-state index contributed by atoms with van der Waals surface area (Å²) in [5.41, 5.74) is 4.92. The zero-order valence-electron chi connectivity index (χ0n) is 11.3. The molecule has 4 rings (SSSR count). The molecule has 1 aliphatic carbocycles. The predicted molar refractivity (Wildman–Crippen MR) is 77.8 cm³/mol. The third-order valence-corrected chi connectivity index (χ3v) is 4.03. The van der Waals surface area contributed by atoms with Gasteiger partial charge >= 0.3 is 5.97 Å². The molecule has 1 aromatic heterocycles. The Morgan fingerprint density at radius 1 is 1.14 bits per heavy atom. The largest absolute Gasteiger partial charge is 0.478 e. The molecule has 0 radical (unpaired) electrons. The minimum Gasteiger partial charge on any atom is -0.478 e. The zero-order valence-corrected chi connectivity index (χ0v) is 11.3. The Morgan fingerprint density at radius 3 is 2.86 bits per heavy atom. The van der Waals surface area contributed by atoms with Gasteiger partial charge in [0.15, 0.2) is 0 Å². The van der Waals surface area contributed by atoms with Gasteiger partial charge in [-0.05, 0) is 54.7 Å². The van der Waals surface area contributed by atoms with E-state index in [1.165, 1.54) is 17.5 Å². The lowest BCUT2D eigenvalue weighted by atomic mass is 10.1. The van der Waals surface area contributed by atoms with Crippen LogP contribution in [-0.2, 0) is 12.8 Å². The van der Waals surface area contributed by atoms with Gasteiger partial charge in [-0.3, -0.25) is 0 Å². The van der Waals surface area contributed by atoms with Crippen LogP contribution in [0.4, 0.5) is 0 Å². The molecule has 104 valence electrons. The van der Waals surface area contributed by atoms with E-state index in [1.807, 2.05) is 6.07 Å². The van der Waals surface area contributed by atoms with E-state index in [0.717, 1.165) is 18.5 Å². The third-order valence-electron chi connectivity index (χ3n) is 4.03. The van der Waals surface area contributed by atoms with Crippen molar-refractivity contribution in [3.05, 3.63) is 53.1 Å². The van der Waals surface area contributed by atoms with Gasteiger partial charge in [-0.2, -0.15) is 0 Å². The number of hydrogen-bond acceptors (Lipinski definition) is 3. The number of aromatic nitrogens is 3. The first-order chi connectivity index (χ1) is 10.2. The van der Waals surface area contributed by atoms with E-state index >= 15 is 0 Å². The predicted octanol–water partition coefficient (Wildman–Crippen LogP) is 2.61. The number of aryl methyl sites for hydroxylation is 2. The Bertz CT molecular complexity index is 867. The Hall–Kier alpha value is -2.69. The fourth-order valence-electron chi connectivity index (χ4n) is 3.02. The summed E-state index contributed by atoms with van der Waals surface area (Å²) < 4.78 is 1.62. The smallest absolute Gasteiger partial charge is 0.337 e. The molecular weight excluding hydrogens is 266 g/mol. The average Bonchev–Trinajstić information content (AvgIpc) is 3.12. The monoisotopic (exact) mass is 279 g/mol. The van der Waals surface area contributed by atoms with E-state index in [1.54, 1.807) is 22.9 Å². The second-order valence-electron chi connectivity index (χ2n) is 5.29. The SMILES string of the molecule is O=C(O)c1cccc2nnn(-c3ccc4c(c3)CCC4)c12. The lowest BCUT2D eigenvalue weighted by Gasteiger charge is -2.07. The van der Waals surface area contributed by atoms with Crippen LogP contribution in [0.1, 0.15) is 27.9 Å². The molecule has 0 aliphatic heterocycles. The Balaban J connectivity index is 1.96. The van der Waals surface area contributed by atoms with E-state index < -0.39 is 5.97 Å². The molecule has 0 saturated carbocycles. The van der Waals surface area contributed by atoms with Crippen LogP contribution in [0.5, 0.6) is 0 Å². The van der Waals surface area contributed by atoms with Crippen molar-refractivity contribution >= 4 is 17.0 Å². The van der Waals surface area contributed by atoms with Gasteiger partial charge in [-0.25, -0.2) is 9.48 Å². The number of benzene rings is 2. The van der Waals surface area contributed by atoms with Crippen molar-refractivity contribution in [2.45, 2.75) is 19.3 Å². The summed E-state index contributed by atoms with van der Waals surface area (Å²) in [7, 11) is 0. The molecule has 0 saturated heterocycles. The third kappa shape index (κ3) is 1.81. The van der Waals surface area contributed by atoms with E-state index in [2.05, 4.69) is 22.4 Å². The molecule has 1 heterocycles. The van der Waals surface area contributed by atoms with E-state index in [4.69, 9.17) is 0 Å². The lowest BCUT2D eigenvalue weighted by Crippen LogP contribution is -2.04. The Morgan fingerprint density at radius 2 is 2.00 bits per heavy atom. The first-order valence-corrected chi connectivity index (χ1v) is 6.94. The van der Waals surface area contributed by atoms with Crippen molar-refractivity contribution in [1.29, 1.82) is 0 Å². The zero-order chi connectivity index (χ0) is 14.4. The maximum Gasteiger partial charge on any atom is 0.337 e. The second kappa shape index (κ2) is 4.41.